The molecule has 322 valence electrons. The normalized spacial score (nSPS) is 15.3. The Balaban J connectivity index is 0.000000897. The van der Waals surface area contributed by atoms with Gasteiger partial charge in [0.2, 0.25) is 0 Å². The summed E-state index contributed by atoms with van der Waals surface area (Å²) < 4.78 is 7.18. The van der Waals surface area contributed by atoms with E-state index in [0.29, 0.717) is 5.92 Å². The summed E-state index contributed by atoms with van der Waals surface area (Å²) in [6.45, 7) is 18.5. The van der Waals surface area contributed by atoms with Crippen molar-refractivity contribution in [1.29, 1.82) is 0 Å². The summed E-state index contributed by atoms with van der Waals surface area (Å²) in [5.41, 5.74) is 6.74. The molecule has 2 unspecified atom stereocenters. The Kier molecular flexibility index (Phi) is 30.2. The second-order valence-corrected chi connectivity index (χ2v) is 16.0. The SMILES string of the molecule is C.C1CCOC1.CCC(C)C(O)c1ccc(N2CCN(c3ccc(Br)cc3)CC2)cc1.C[CH-]CC.N.O=Cc1ccc(N2CCN(c3ccc(Br)cc3)CC2)cc1.[Cl-].[Mg+2]. The molecule has 0 spiro atoms. The Morgan fingerprint density at radius 2 is 0.966 bits per heavy atom. The van der Waals surface area contributed by atoms with Crippen molar-refractivity contribution in [2.75, 3.05) is 85.2 Å². The number of hydrogen-bond donors (Lipinski definition) is 2. The summed E-state index contributed by atoms with van der Waals surface area (Å²) in [4.78, 5) is 20.3. The van der Waals surface area contributed by atoms with Crippen LogP contribution >= 0.6 is 31.9 Å². The molecule has 3 aliphatic rings. The summed E-state index contributed by atoms with van der Waals surface area (Å²) in [5, 5.41) is 10.3. The van der Waals surface area contributed by atoms with Crippen LogP contribution in [0.25, 0.3) is 0 Å². The number of piperazine rings is 2. The van der Waals surface area contributed by atoms with E-state index in [2.05, 4.69) is 158 Å². The molecule has 7 rings (SSSR count). The van der Waals surface area contributed by atoms with E-state index in [-0.39, 0.29) is 55.1 Å². The van der Waals surface area contributed by atoms with Gasteiger partial charge in [0, 0.05) is 103 Å². The number of unbranched alkanes of at least 4 members (excludes halogenated alkanes) is 1. The van der Waals surface area contributed by atoms with Gasteiger partial charge >= 0.3 is 23.1 Å². The van der Waals surface area contributed by atoms with E-state index in [9.17, 15) is 9.90 Å². The fourth-order valence-corrected chi connectivity index (χ4v) is 6.99. The van der Waals surface area contributed by atoms with E-state index in [1.165, 1.54) is 42.0 Å². The molecular formula is C47H68Br2ClMgN5O3. The number of nitrogens with zero attached hydrogens (tertiary/aromatic N) is 4. The van der Waals surface area contributed by atoms with Gasteiger partial charge in [-0.25, -0.2) is 0 Å². The van der Waals surface area contributed by atoms with Crippen LogP contribution in [0, 0.1) is 12.3 Å². The van der Waals surface area contributed by atoms with E-state index in [1.54, 1.807) is 0 Å². The number of benzene rings is 4. The molecule has 8 nitrogen and oxygen atoms in total. The van der Waals surface area contributed by atoms with E-state index in [1.807, 2.05) is 24.3 Å². The predicted octanol–water partition coefficient (Wildman–Crippen LogP) is 8.28. The number of aliphatic hydroxyl groups excluding tert-OH is 1. The second kappa shape index (κ2) is 31.5. The first-order valence-corrected chi connectivity index (χ1v) is 21.5. The summed E-state index contributed by atoms with van der Waals surface area (Å²) in [6.07, 6.45) is 7.38. The van der Waals surface area contributed by atoms with Gasteiger partial charge in [-0.3, -0.25) is 4.79 Å². The van der Waals surface area contributed by atoms with Gasteiger partial charge in [-0.05, 0) is 109 Å². The van der Waals surface area contributed by atoms with Crippen LogP contribution in [0.1, 0.15) is 82.8 Å². The van der Waals surface area contributed by atoms with Crippen LogP contribution in [0.5, 0.6) is 0 Å². The van der Waals surface area contributed by atoms with Crippen LogP contribution in [0.2, 0.25) is 0 Å². The molecule has 2 atom stereocenters. The van der Waals surface area contributed by atoms with Gasteiger partial charge in [0.15, 0.2) is 0 Å². The van der Waals surface area contributed by atoms with Crippen molar-refractivity contribution in [1.82, 2.24) is 6.15 Å². The van der Waals surface area contributed by atoms with Crippen molar-refractivity contribution in [2.24, 2.45) is 5.92 Å². The number of rotatable bonds is 9. The third-order valence-electron chi connectivity index (χ3n) is 10.4. The van der Waals surface area contributed by atoms with E-state index >= 15 is 0 Å². The maximum Gasteiger partial charge on any atom is 2.00 e. The van der Waals surface area contributed by atoms with Gasteiger partial charge in [0.05, 0.1) is 6.10 Å². The minimum Gasteiger partial charge on any atom is -1.00 e. The van der Waals surface area contributed by atoms with Crippen molar-refractivity contribution in [3.05, 3.63) is 124 Å². The molecule has 59 heavy (non-hydrogen) atoms. The van der Waals surface area contributed by atoms with Crippen molar-refractivity contribution >= 4 is 83.9 Å². The molecule has 4 N–H and O–H groups in total. The summed E-state index contributed by atoms with van der Waals surface area (Å²) in [7, 11) is 0. The van der Waals surface area contributed by atoms with Crippen LogP contribution in [0.3, 0.4) is 0 Å². The Labute approximate surface area is 395 Å². The molecular weight excluding hydrogens is 902 g/mol. The largest absolute Gasteiger partial charge is 2.00 e. The Bertz CT molecular complexity index is 1630. The minimum atomic E-state index is -0.367. The van der Waals surface area contributed by atoms with E-state index in [0.717, 1.165) is 98.4 Å². The summed E-state index contributed by atoms with van der Waals surface area (Å²) in [6, 6.07) is 33.3. The molecule has 0 saturated carbocycles. The topological polar surface area (TPSA) is 94.5 Å². The monoisotopic (exact) mass is 967 g/mol. The average Bonchev–Trinajstić information content (AvgIpc) is 3.85. The number of ether oxygens (including phenoxy) is 1. The molecule has 12 heteroatoms. The first kappa shape index (κ1) is 56.6. The quantitative estimate of drug-likeness (QED) is 0.0985. The fraction of sp³-hybridized carbons (Fsp3) is 0.447. The maximum absolute atomic E-state index is 10.7. The number of halogens is 3. The summed E-state index contributed by atoms with van der Waals surface area (Å²) >= 11 is 6.96. The van der Waals surface area contributed by atoms with E-state index < -0.39 is 0 Å². The fourth-order valence-electron chi connectivity index (χ4n) is 6.46. The van der Waals surface area contributed by atoms with Crippen LogP contribution in [0.15, 0.2) is 106 Å². The zero-order chi connectivity index (χ0) is 39.4. The van der Waals surface area contributed by atoms with Crippen molar-refractivity contribution in [3.63, 3.8) is 0 Å². The standard InChI is InChI=1S/C21H27BrN2O.C17H17BrN2O.C4H8O.C4H9.CH4.ClH.Mg.H3N/c1-3-16(2)21(25)17-4-8-19(9-5-17)23-12-14-24(15-13-23)20-10-6-18(22)7-11-20;18-15-3-7-17(8-4-15)20-11-9-19(10-12-20)16-5-1-14(13-21)2-6-16;1-2-4-5-3-1;1-3-4-2;;;;/h4-11,16,21,25H,3,12-15H2,1-2H3;1-8,13H,9-12H2;1-4H2;3H,4H2,1-2H3;1H4;1H;;1H3/q;;;-1;;;+2;/p-1. The first-order chi connectivity index (χ1) is 26.8. The number of carbonyl (C=O) groups is 1. The van der Waals surface area contributed by atoms with E-state index in [4.69, 9.17) is 4.74 Å². The zero-order valence-electron chi connectivity index (χ0n) is 35.0. The molecule has 0 bridgehead atoms. The number of carbonyl (C=O) groups excluding carboxylic acids is 1. The third kappa shape index (κ3) is 19.1. The molecule has 0 aliphatic carbocycles. The van der Waals surface area contributed by atoms with Gasteiger partial charge < -0.3 is 54.4 Å². The van der Waals surface area contributed by atoms with Gasteiger partial charge in [-0.2, -0.15) is 13.3 Å². The van der Waals surface area contributed by atoms with Gasteiger partial charge in [-0.15, -0.1) is 0 Å². The van der Waals surface area contributed by atoms with Crippen molar-refractivity contribution in [2.45, 2.75) is 66.9 Å². The minimum absolute atomic E-state index is 0. The van der Waals surface area contributed by atoms with Crippen molar-refractivity contribution < 1.29 is 27.0 Å². The zero-order valence-corrected chi connectivity index (χ0v) is 40.4. The van der Waals surface area contributed by atoms with Gasteiger partial charge in [-0.1, -0.05) is 78.6 Å². The van der Waals surface area contributed by atoms with Crippen LogP contribution < -0.4 is 38.2 Å². The maximum atomic E-state index is 10.7. The predicted molar refractivity (Wildman–Crippen MR) is 258 cm³/mol. The third-order valence-corrected chi connectivity index (χ3v) is 11.4. The molecule has 4 aromatic rings. The van der Waals surface area contributed by atoms with Gasteiger partial charge in [0.1, 0.15) is 6.29 Å². The molecule has 3 fully saturated rings. The van der Waals surface area contributed by atoms with Crippen molar-refractivity contribution in [3.8, 4) is 0 Å². The first-order valence-electron chi connectivity index (χ1n) is 20.0. The summed E-state index contributed by atoms with van der Waals surface area (Å²) in [5.74, 6) is 0.292. The van der Waals surface area contributed by atoms with Crippen LogP contribution in [-0.2, 0) is 4.74 Å². The number of hydrogen-bond acceptors (Lipinski definition) is 8. The molecule has 0 aromatic heterocycles. The molecule has 3 aliphatic heterocycles. The number of anilines is 4. The molecule has 3 saturated heterocycles. The molecule has 0 amide bonds. The average molecular weight is 971 g/mol. The number of aliphatic hydroxyl groups is 1. The van der Waals surface area contributed by atoms with Gasteiger partial charge in [0.25, 0.3) is 0 Å². The smallest absolute Gasteiger partial charge is 1.00 e. The van der Waals surface area contributed by atoms with Crippen LogP contribution in [0.4, 0.5) is 22.7 Å². The number of aldehydes is 1. The second-order valence-electron chi connectivity index (χ2n) is 14.2. The molecule has 3 heterocycles. The van der Waals surface area contributed by atoms with Crippen LogP contribution in [-0.4, -0.2) is 100 Å². The Morgan fingerprint density at radius 3 is 1.22 bits per heavy atom. The molecule has 4 aromatic carbocycles. The molecule has 0 radical (unpaired) electrons. The Hall–Kier alpha value is -2.35. The Morgan fingerprint density at radius 1 is 0.661 bits per heavy atom.